The van der Waals surface area contributed by atoms with Gasteiger partial charge in [0.05, 0.1) is 6.54 Å². The maximum atomic E-state index is 12.5. The van der Waals surface area contributed by atoms with Crippen molar-refractivity contribution in [3.63, 3.8) is 0 Å². The van der Waals surface area contributed by atoms with Crippen molar-refractivity contribution in [2.24, 2.45) is 0 Å². The summed E-state index contributed by atoms with van der Waals surface area (Å²) in [6, 6.07) is 10.0. The van der Waals surface area contributed by atoms with Crippen LogP contribution in [0.5, 0.6) is 5.75 Å². The molecule has 0 atom stereocenters. The summed E-state index contributed by atoms with van der Waals surface area (Å²) in [6.45, 7) is 15.2. The lowest BCUT2D eigenvalue weighted by atomic mass is 9.95. The number of piperazine rings is 1. The van der Waals surface area contributed by atoms with E-state index in [4.69, 9.17) is 0 Å². The lowest BCUT2D eigenvalue weighted by Crippen LogP contribution is -2.48. The van der Waals surface area contributed by atoms with Crippen LogP contribution in [-0.4, -0.2) is 53.5 Å². The van der Waals surface area contributed by atoms with Gasteiger partial charge in [-0.25, -0.2) is 0 Å². The molecule has 5 nitrogen and oxygen atoms in total. The number of phenols is 1. The first-order chi connectivity index (χ1) is 14.2. The van der Waals surface area contributed by atoms with E-state index in [-0.39, 0.29) is 5.91 Å². The zero-order valence-electron chi connectivity index (χ0n) is 19.0. The maximum Gasteiger partial charge on any atom is 0.238 e. The second-order valence-corrected chi connectivity index (χ2v) is 8.84. The fraction of sp³-hybridized carbons (Fsp3) is 0.480. The summed E-state index contributed by atoms with van der Waals surface area (Å²) in [5.41, 5.74) is 6.63. The Morgan fingerprint density at radius 2 is 1.70 bits per heavy atom. The van der Waals surface area contributed by atoms with Gasteiger partial charge in [0.2, 0.25) is 5.91 Å². The number of carbonyl (C=O) groups is 1. The zero-order valence-corrected chi connectivity index (χ0v) is 19.0. The van der Waals surface area contributed by atoms with Crippen molar-refractivity contribution >= 4 is 11.6 Å². The lowest BCUT2D eigenvalue weighted by Gasteiger charge is -2.34. The minimum atomic E-state index is 0.0369. The summed E-state index contributed by atoms with van der Waals surface area (Å²) in [4.78, 5) is 17.0. The van der Waals surface area contributed by atoms with Crippen LogP contribution in [-0.2, 0) is 11.3 Å². The highest BCUT2D eigenvalue weighted by Crippen LogP contribution is 2.28. The van der Waals surface area contributed by atoms with Gasteiger partial charge in [-0.3, -0.25) is 14.6 Å². The van der Waals surface area contributed by atoms with Gasteiger partial charge in [0.1, 0.15) is 5.75 Å². The molecule has 2 aromatic rings. The Bertz CT molecular complexity index is 900. The van der Waals surface area contributed by atoms with Crippen LogP contribution in [0.15, 0.2) is 30.3 Å². The molecule has 3 rings (SSSR count). The molecule has 1 heterocycles. The van der Waals surface area contributed by atoms with E-state index in [0.29, 0.717) is 18.2 Å². The number of rotatable bonds is 6. The smallest absolute Gasteiger partial charge is 0.238 e. The largest absolute Gasteiger partial charge is 0.508 e. The van der Waals surface area contributed by atoms with Gasteiger partial charge in [0, 0.05) is 44.0 Å². The Labute approximate surface area is 180 Å². The number of nitrogens with one attached hydrogen (secondary N) is 1. The first-order valence-corrected chi connectivity index (χ1v) is 10.9. The average Bonchev–Trinajstić information content (AvgIpc) is 2.68. The minimum Gasteiger partial charge on any atom is -0.508 e. The van der Waals surface area contributed by atoms with E-state index in [1.807, 2.05) is 25.1 Å². The third-order valence-electron chi connectivity index (χ3n) is 6.19. The number of benzene rings is 2. The first-order valence-electron chi connectivity index (χ1n) is 10.9. The first kappa shape index (κ1) is 22.3. The molecule has 5 heteroatoms. The normalized spacial score (nSPS) is 15.5. The Kier molecular flexibility index (Phi) is 7.16. The van der Waals surface area contributed by atoms with Crippen LogP contribution in [0, 0.1) is 20.8 Å². The van der Waals surface area contributed by atoms with Gasteiger partial charge >= 0.3 is 0 Å². The molecule has 0 spiro atoms. The Morgan fingerprint density at radius 1 is 1.03 bits per heavy atom. The lowest BCUT2D eigenvalue weighted by molar-refractivity contribution is -0.117. The summed E-state index contributed by atoms with van der Waals surface area (Å²) in [7, 11) is 0. The number of nitrogens with zero attached hydrogens (tertiary/aromatic N) is 2. The highest BCUT2D eigenvalue weighted by atomic mass is 16.3. The van der Waals surface area contributed by atoms with Crippen LogP contribution in [0.3, 0.4) is 0 Å². The average molecular weight is 410 g/mol. The van der Waals surface area contributed by atoms with Crippen molar-refractivity contribution in [2.75, 3.05) is 38.0 Å². The van der Waals surface area contributed by atoms with Gasteiger partial charge in [0.15, 0.2) is 0 Å². The number of phenolic OH excluding ortho intramolecular Hbond substituents is 1. The fourth-order valence-electron chi connectivity index (χ4n) is 4.13. The molecule has 0 aliphatic carbocycles. The number of carbonyl (C=O) groups excluding carboxylic acids is 1. The number of hydrogen-bond acceptors (Lipinski definition) is 4. The maximum absolute atomic E-state index is 12.5. The molecule has 30 heavy (non-hydrogen) atoms. The molecule has 0 saturated carbocycles. The predicted molar refractivity (Wildman–Crippen MR) is 123 cm³/mol. The van der Waals surface area contributed by atoms with Crippen LogP contribution >= 0.6 is 0 Å². The van der Waals surface area contributed by atoms with E-state index in [0.717, 1.165) is 55.1 Å². The summed E-state index contributed by atoms with van der Waals surface area (Å²) >= 11 is 0. The van der Waals surface area contributed by atoms with Crippen molar-refractivity contribution in [1.82, 2.24) is 9.80 Å². The van der Waals surface area contributed by atoms with Crippen molar-refractivity contribution in [1.29, 1.82) is 0 Å². The molecule has 1 amide bonds. The number of aromatic hydroxyl groups is 1. The quantitative estimate of drug-likeness (QED) is 0.751. The van der Waals surface area contributed by atoms with Crippen LogP contribution < -0.4 is 5.32 Å². The third kappa shape index (κ3) is 5.41. The molecule has 1 aliphatic heterocycles. The molecule has 162 valence electrons. The minimum absolute atomic E-state index is 0.0369. The molecule has 1 saturated heterocycles. The second kappa shape index (κ2) is 9.63. The second-order valence-electron chi connectivity index (χ2n) is 8.84. The number of amides is 1. The molecule has 2 aromatic carbocycles. The zero-order chi connectivity index (χ0) is 21.8. The van der Waals surface area contributed by atoms with Crippen molar-refractivity contribution in [3.8, 4) is 5.75 Å². The molecule has 1 aliphatic rings. The Balaban J connectivity index is 1.52. The summed E-state index contributed by atoms with van der Waals surface area (Å²) in [5.74, 6) is 0.860. The fourth-order valence-corrected chi connectivity index (χ4v) is 4.13. The topological polar surface area (TPSA) is 55.8 Å². The molecule has 0 unspecified atom stereocenters. The van der Waals surface area contributed by atoms with Gasteiger partial charge in [-0.1, -0.05) is 32.0 Å². The van der Waals surface area contributed by atoms with Gasteiger partial charge in [-0.05, 0) is 61.1 Å². The Hall–Kier alpha value is -2.37. The van der Waals surface area contributed by atoms with E-state index in [2.05, 4.69) is 54.9 Å². The molecule has 2 N–H and O–H groups in total. The predicted octanol–water partition coefficient (Wildman–Crippen LogP) is 4.20. The van der Waals surface area contributed by atoms with Crippen molar-refractivity contribution < 1.29 is 9.90 Å². The number of aryl methyl sites for hydroxylation is 2. The molecule has 0 bridgehead atoms. The highest BCUT2D eigenvalue weighted by Gasteiger charge is 2.21. The van der Waals surface area contributed by atoms with E-state index in [1.54, 1.807) is 0 Å². The number of hydrogen-bond donors (Lipinski definition) is 2. The molecule has 0 aromatic heterocycles. The molecule has 1 fully saturated rings. The monoisotopic (exact) mass is 409 g/mol. The standard InChI is InChI=1S/C25H35N3O2/c1-17(2)22-14-21(24(29)13-19(22)4)15-27-9-11-28(12-10-27)16-25(30)26-23-8-6-7-18(3)20(23)5/h6-8,13-14,17,29H,9-12,15-16H2,1-5H3,(H,26,30). The highest BCUT2D eigenvalue weighted by molar-refractivity contribution is 5.93. The number of anilines is 1. The van der Waals surface area contributed by atoms with E-state index in [9.17, 15) is 9.90 Å². The molecule has 0 radical (unpaired) electrons. The third-order valence-corrected chi connectivity index (χ3v) is 6.19. The van der Waals surface area contributed by atoms with Crippen LogP contribution in [0.25, 0.3) is 0 Å². The van der Waals surface area contributed by atoms with Crippen molar-refractivity contribution in [2.45, 2.75) is 47.1 Å². The van der Waals surface area contributed by atoms with Crippen LogP contribution in [0.2, 0.25) is 0 Å². The SMILES string of the molecule is Cc1cc(O)c(CN2CCN(CC(=O)Nc3cccc(C)c3C)CC2)cc1C(C)C. The van der Waals surface area contributed by atoms with Crippen LogP contribution in [0.1, 0.15) is 47.6 Å². The van der Waals surface area contributed by atoms with E-state index >= 15 is 0 Å². The van der Waals surface area contributed by atoms with Crippen molar-refractivity contribution in [3.05, 3.63) is 58.1 Å². The van der Waals surface area contributed by atoms with Gasteiger partial charge in [0.25, 0.3) is 0 Å². The van der Waals surface area contributed by atoms with Gasteiger partial charge < -0.3 is 10.4 Å². The van der Waals surface area contributed by atoms with Crippen LogP contribution in [0.4, 0.5) is 5.69 Å². The van der Waals surface area contributed by atoms with Gasteiger partial charge in [-0.15, -0.1) is 0 Å². The van der Waals surface area contributed by atoms with E-state index < -0.39 is 0 Å². The Morgan fingerprint density at radius 3 is 2.37 bits per heavy atom. The molecular formula is C25H35N3O2. The molecular weight excluding hydrogens is 374 g/mol. The summed E-state index contributed by atoms with van der Waals surface area (Å²) < 4.78 is 0. The summed E-state index contributed by atoms with van der Waals surface area (Å²) in [6.07, 6.45) is 0. The summed E-state index contributed by atoms with van der Waals surface area (Å²) in [5, 5.41) is 13.4. The van der Waals surface area contributed by atoms with Gasteiger partial charge in [-0.2, -0.15) is 0 Å². The van der Waals surface area contributed by atoms with E-state index in [1.165, 1.54) is 11.1 Å².